The van der Waals surface area contributed by atoms with E-state index >= 15 is 0 Å². The summed E-state index contributed by atoms with van der Waals surface area (Å²) in [4.78, 5) is 19.4. The monoisotopic (exact) mass is 528 g/mol. The second-order valence-corrected chi connectivity index (χ2v) is 10.4. The van der Waals surface area contributed by atoms with E-state index in [1.165, 1.54) is 16.6 Å². The Kier molecular flexibility index (Phi) is 8.62. The Bertz CT molecular complexity index is 1520. The highest BCUT2D eigenvalue weighted by molar-refractivity contribution is 7.89. The normalized spacial score (nSPS) is 11.6. The van der Waals surface area contributed by atoms with Gasteiger partial charge in [0.25, 0.3) is 10.0 Å². The second-order valence-electron chi connectivity index (χ2n) is 8.52. The van der Waals surface area contributed by atoms with Crippen LogP contribution in [0.4, 0.5) is 5.82 Å². The minimum Gasteiger partial charge on any atom is -0.480 e. The Labute approximate surface area is 222 Å². The van der Waals surface area contributed by atoms with Gasteiger partial charge in [0.15, 0.2) is 5.03 Å². The van der Waals surface area contributed by atoms with Crippen molar-refractivity contribution in [3.05, 3.63) is 114 Å². The predicted octanol–water partition coefficient (Wildman–Crippen LogP) is 5.06. The number of nitrogens with zero attached hydrogens (tertiary/aromatic N) is 3. The predicted molar refractivity (Wildman–Crippen MR) is 148 cm³/mol. The van der Waals surface area contributed by atoms with E-state index in [2.05, 4.69) is 21.4 Å². The molecule has 0 aliphatic rings. The molecule has 0 radical (unpaired) electrons. The van der Waals surface area contributed by atoms with Crippen molar-refractivity contribution < 1.29 is 18.3 Å². The average Bonchev–Trinajstić information content (AvgIpc) is 2.93. The van der Waals surface area contributed by atoms with Gasteiger partial charge in [0.1, 0.15) is 12.4 Å². The van der Waals surface area contributed by atoms with E-state index < -0.39 is 16.0 Å². The molecule has 4 rings (SSSR count). The van der Waals surface area contributed by atoms with Gasteiger partial charge < -0.3 is 10.4 Å². The molecule has 194 valence electrons. The summed E-state index contributed by atoms with van der Waals surface area (Å²) < 4.78 is 28.4. The summed E-state index contributed by atoms with van der Waals surface area (Å²) in [7, 11) is -3.95. The smallest absolute Gasteiger partial charge is 0.322 e. The number of pyridine rings is 2. The maximum atomic E-state index is 13.6. The molecule has 2 aromatic heterocycles. The number of aromatic nitrogens is 2. The lowest BCUT2D eigenvalue weighted by atomic mass is 10.0. The number of carboxylic acid groups (broad SMARTS) is 1. The standard InChI is InChI=1S/C29H28N4O4S/c1-2-7-22-8-5-9-25(18-22)24-15-13-23(14-16-24)20-33(38(36,37)28-12-3-4-17-30-28)21-26-10-6-11-27(32-26)31-19-29(34)35/h2-18H,19-21H2,1H3,(H,31,32)(H,34,35). The maximum Gasteiger partial charge on any atom is 0.322 e. The summed E-state index contributed by atoms with van der Waals surface area (Å²) >= 11 is 0. The van der Waals surface area contributed by atoms with E-state index in [0.29, 0.717) is 11.5 Å². The molecule has 0 spiro atoms. The number of hydrogen-bond acceptors (Lipinski definition) is 6. The van der Waals surface area contributed by atoms with Crippen LogP contribution in [-0.4, -0.2) is 40.3 Å². The van der Waals surface area contributed by atoms with Crippen LogP contribution >= 0.6 is 0 Å². The van der Waals surface area contributed by atoms with Gasteiger partial charge in [-0.3, -0.25) is 4.79 Å². The van der Waals surface area contributed by atoms with Gasteiger partial charge in [-0.25, -0.2) is 18.4 Å². The second kappa shape index (κ2) is 12.3. The third kappa shape index (κ3) is 6.90. The number of rotatable bonds is 11. The molecule has 0 saturated carbocycles. The fourth-order valence-electron chi connectivity index (χ4n) is 3.89. The van der Waals surface area contributed by atoms with E-state index in [-0.39, 0.29) is 24.7 Å². The highest BCUT2D eigenvalue weighted by Crippen LogP contribution is 2.24. The average molecular weight is 529 g/mol. The molecule has 0 fully saturated rings. The molecule has 9 heteroatoms. The molecule has 0 bridgehead atoms. The SMILES string of the molecule is CC=Cc1cccc(-c2ccc(CN(Cc3cccc(NCC(=O)O)n3)S(=O)(=O)c3ccccn3)cc2)c1. The number of carbonyl (C=O) groups is 1. The molecule has 0 atom stereocenters. The number of allylic oxidation sites excluding steroid dienone is 1. The third-order valence-corrected chi connectivity index (χ3v) is 7.41. The van der Waals surface area contributed by atoms with E-state index in [1.54, 1.807) is 30.3 Å². The molecule has 2 aromatic carbocycles. The van der Waals surface area contributed by atoms with Crippen molar-refractivity contribution in [3.63, 3.8) is 0 Å². The van der Waals surface area contributed by atoms with Gasteiger partial charge >= 0.3 is 5.97 Å². The van der Waals surface area contributed by atoms with Crippen LogP contribution in [0.2, 0.25) is 0 Å². The van der Waals surface area contributed by atoms with Crippen LogP contribution in [0.1, 0.15) is 23.7 Å². The Hall–Kier alpha value is -4.34. The number of anilines is 1. The summed E-state index contributed by atoms with van der Waals surface area (Å²) in [5, 5.41) is 11.6. The lowest BCUT2D eigenvalue weighted by Gasteiger charge is -2.22. The summed E-state index contributed by atoms with van der Waals surface area (Å²) in [5.41, 5.74) is 4.47. The van der Waals surface area contributed by atoms with E-state index in [0.717, 1.165) is 22.3 Å². The molecule has 0 aliphatic heterocycles. The van der Waals surface area contributed by atoms with Gasteiger partial charge in [-0.15, -0.1) is 0 Å². The molecule has 38 heavy (non-hydrogen) atoms. The number of hydrogen-bond donors (Lipinski definition) is 2. The lowest BCUT2D eigenvalue weighted by molar-refractivity contribution is -0.134. The van der Waals surface area contributed by atoms with Crippen molar-refractivity contribution in [2.75, 3.05) is 11.9 Å². The highest BCUT2D eigenvalue weighted by Gasteiger charge is 2.26. The molecule has 4 aromatic rings. The van der Waals surface area contributed by atoms with Gasteiger partial charge in [0, 0.05) is 12.7 Å². The van der Waals surface area contributed by atoms with Gasteiger partial charge in [0.05, 0.1) is 12.2 Å². The summed E-state index contributed by atoms with van der Waals surface area (Å²) in [6.45, 7) is 1.77. The zero-order valence-corrected chi connectivity index (χ0v) is 21.7. The zero-order chi connectivity index (χ0) is 27.0. The van der Waals surface area contributed by atoms with Crippen molar-refractivity contribution in [2.45, 2.75) is 25.0 Å². The van der Waals surface area contributed by atoms with Crippen LogP contribution in [0, 0.1) is 0 Å². The minimum absolute atomic E-state index is 0.0192. The Morgan fingerprint density at radius 3 is 2.45 bits per heavy atom. The van der Waals surface area contributed by atoms with Crippen molar-refractivity contribution in [1.29, 1.82) is 0 Å². The van der Waals surface area contributed by atoms with Gasteiger partial charge in [0.2, 0.25) is 0 Å². The molecule has 0 aliphatic carbocycles. The van der Waals surface area contributed by atoms with Crippen LogP contribution in [0.25, 0.3) is 17.2 Å². The van der Waals surface area contributed by atoms with Crippen molar-refractivity contribution in [3.8, 4) is 11.1 Å². The van der Waals surface area contributed by atoms with Gasteiger partial charge in [-0.2, -0.15) is 4.31 Å². The lowest BCUT2D eigenvalue weighted by Crippen LogP contribution is -2.31. The van der Waals surface area contributed by atoms with Crippen LogP contribution in [0.15, 0.2) is 102 Å². The maximum absolute atomic E-state index is 13.6. The largest absolute Gasteiger partial charge is 0.480 e. The molecule has 2 N–H and O–H groups in total. The van der Waals surface area contributed by atoms with E-state index in [1.807, 2.05) is 61.5 Å². The molecular weight excluding hydrogens is 500 g/mol. The fraction of sp³-hybridized carbons (Fsp3) is 0.138. The third-order valence-electron chi connectivity index (χ3n) is 5.70. The Balaban J connectivity index is 1.61. The fourth-order valence-corrected chi connectivity index (χ4v) is 5.22. The Morgan fingerprint density at radius 2 is 1.74 bits per heavy atom. The van der Waals surface area contributed by atoms with Crippen LogP contribution < -0.4 is 5.32 Å². The van der Waals surface area contributed by atoms with Crippen LogP contribution in [0.5, 0.6) is 0 Å². The van der Waals surface area contributed by atoms with E-state index in [9.17, 15) is 13.2 Å². The van der Waals surface area contributed by atoms with Crippen LogP contribution in [0.3, 0.4) is 0 Å². The first-order chi connectivity index (χ1) is 18.3. The van der Waals surface area contributed by atoms with Gasteiger partial charge in [-0.05, 0) is 59.5 Å². The minimum atomic E-state index is -3.95. The molecule has 0 unspecified atom stereocenters. The van der Waals surface area contributed by atoms with Crippen LogP contribution in [-0.2, 0) is 27.9 Å². The summed E-state index contributed by atoms with van der Waals surface area (Å²) in [6, 6.07) is 25.8. The first-order valence-corrected chi connectivity index (χ1v) is 13.4. The molecule has 0 saturated heterocycles. The van der Waals surface area contributed by atoms with Crippen molar-refractivity contribution >= 4 is 27.9 Å². The first-order valence-electron chi connectivity index (χ1n) is 12.0. The number of aliphatic carboxylic acids is 1. The number of carboxylic acids is 1. The zero-order valence-electron chi connectivity index (χ0n) is 20.9. The molecule has 0 amide bonds. The quantitative estimate of drug-likeness (QED) is 0.280. The summed E-state index contributed by atoms with van der Waals surface area (Å²) in [5.74, 6) is -0.668. The first kappa shape index (κ1) is 26.7. The van der Waals surface area contributed by atoms with Crippen molar-refractivity contribution in [2.24, 2.45) is 0 Å². The number of sulfonamides is 1. The summed E-state index contributed by atoms with van der Waals surface area (Å²) in [6.07, 6.45) is 5.47. The molecule has 8 nitrogen and oxygen atoms in total. The number of benzene rings is 2. The number of nitrogens with one attached hydrogen (secondary N) is 1. The Morgan fingerprint density at radius 1 is 0.947 bits per heavy atom. The molecular formula is C29H28N4O4S. The topological polar surface area (TPSA) is 112 Å². The van der Waals surface area contributed by atoms with E-state index in [4.69, 9.17) is 5.11 Å². The van der Waals surface area contributed by atoms with Gasteiger partial charge in [-0.1, -0.05) is 66.7 Å². The van der Waals surface area contributed by atoms with Crippen molar-refractivity contribution in [1.82, 2.24) is 14.3 Å². The molecule has 2 heterocycles. The highest BCUT2D eigenvalue weighted by atomic mass is 32.2.